The first kappa shape index (κ1) is 12.3. The van der Waals surface area contributed by atoms with E-state index in [4.69, 9.17) is 0 Å². The average molecular weight is 251 g/mol. The number of carbonyl (C=O) groups excluding carboxylic acids is 1. The van der Waals surface area contributed by atoms with Crippen LogP contribution < -0.4 is 0 Å². The van der Waals surface area contributed by atoms with E-state index >= 15 is 0 Å². The molecule has 0 radical (unpaired) electrons. The Hall–Kier alpha value is -1.20. The molecule has 1 amide bonds. The van der Waals surface area contributed by atoms with E-state index in [-0.39, 0.29) is 5.91 Å². The second-order valence-electron chi connectivity index (χ2n) is 4.16. The van der Waals surface area contributed by atoms with Crippen molar-refractivity contribution in [2.75, 3.05) is 26.2 Å². The lowest BCUT2D eigenvalue weighted by atomic mass is 10.3. The van der Waals surface area contributed by atoms with Crippen LogP contribution in [-0.2, 0) is 11.3 Å². The Balaban J connectivity index is 1.83. The zero-order chi connectivity index (χ0) is 12.3. The lowest BCUT2D eigenvalue weighted by Crippen LogP contribution is -2.47. The highest BCUT2D eigenvalue weighted by atomic mass is 32.1. The first-order chi connectivity index (χ1) is 8.19. The predicted octanol–water partition coefficient (Wildman–Crippen LogP) is 1.28. The smallest absolute Gasteiger partial charge is 0.246 e. The number of piperazine rings is 1. The molecule has 0 atom stereocenters. The van der Waals surface area contributed by atoms with Crippen molar-refractivity contribution in [2.45, 2.75) is 13.5 Å². The summed E-state index contributed by atoms with van der Waals surface area (Å²) in [6.07, 6.45) is 1.39. The number of nitrogens with zero attached hydrogens (tertiary/aromatic N) is 3. The Labute approximate surface area is 106 Å². The molecule has 1 aromatic rings. The van der Waals surface area contributed by atoms with Crippen molar-refractivity contribution in [3.8, 4) is 0 Å². The Morgan fingerprint density at radius 1 is 1.53 bits per heavy atom. The van der Waals surface area contributed by atoms with Crippen molar-refractivity contribution >= 4 is 17.2 Å². The first-order valence-corrected chi connectivity index (χ1v) is 6.61. The van der Waals surface area contributed by atoms with Crippen LogP contribution in [0.2, 0.25) is 0 Å². The van der Waals surface area contributed by atoms with Gasteiger partial charge in [-0.3, -0.25) is 9.69 Å². The summed E-state index contributed by atoms with van der Waals surface area (Å²) in [5, 5.41) is 3.22. The first-order valence-electron chi connectivity index (χ1n) is 5.74. The summed E-state index contributed by atoms with van der Waals surface area (Å²) in [7, 11) is 0. The fourth-order valence-corrected chi connectivity index (χ4v) is 2.57. The molecular formula is C12H17N3OS. The topological polar surface area (TPSA) is 36.4 Å². The van der Waals surface area contributed by atoms with Crippen molar-refractivity contribution in [3.63, 3.8) is 0 Å². The van der Waals surface area contributed by atoms with Crippen LogP contribution in [0.3, 0.4) is 0 Å². The van der Waals surface area contributed by atoms with Gasteiger partial charge in [0.2, 0.25) is 5.91 Å². The van der Waals surface area contributed by atoms with Gasteiger partial charge < -0.3 is 4.90 Å². The van der Waals surface area contributed by atoms with Crippen molar-refractivity contribution < 1.29 is 4.79 Å². The van der Waals surface area contributed by atoms with Crippen LogP contribution in [0.4, 0.5) is 0 Å². The number of rotatable bonds is 3. The van der Waals surface area contributed by atoms with E-state index in [9.17, 15) is 4.79 Å². The number of thiazole rings is 1. The second-order valence-corrected chi connectivity index (χ2v) is 5.23. The van der Waals surface area contributed by atoms with Crippen LogP contribution >= 0.6 is 11.3 Å². The van der Waals surface area contributed by atoms with Crippen LogP contribution in [0.1, 0.15) is 10.7 Å². The fraction of sp³-hybridized carbons (Fsp3) is 0.500. The molecule has 0 aromatic carbocycles. The van der Waals surface area contributed by atoms with Gasteiger partial charge in [-0.25, -0.2) is 4.98 Å². The summed E-state index contributed by atoms with van der Waals surface area (Å²) >= 11 is 1.69. The van der Waals surface area contributed by atoms with Gasteiger partial charge in [-0.1, -0.05) is 6.58 Å². The minimum atomic E-state index is 0.0363. The van der Waals surface area contributed by atoms with Gasteiger partial charge in [0.1, 0.15) is 0 Å². The molecule has 2 rings (SSSR count). The van der Waals surface area contributed by atoms with E-state index in [1.54, 1.807) is 11.3 Å². The molecule has 1 aromatic heterocycles. The lowest BCUT2D eigenvalue weighted by Gasteiger charge is -2.33. The van der Waals surface area contributed by atoms with Crippen molar-refractivity contribution in [3.05, 3.63) is 28.7 Å². The third-order valence-electron chi connectivity index (χ3n) is 2.91. The highest BCUT2D eigenvalue weighted by molar-refractivity contribution is 7.09. The standard InChI is InChI=1S/C12H17N3OS/c1-3-12(16)15-6-4-14(5-7-15)8-11-9-17-10(2)13-11/h3,9H,1,4-8H2,2H3. The molecule has 2 heterocycles. The van der Waals surface area contributed by atoms with E-state index < -0.39 is 0 Å². The maximum atomic E-state index is 11.4. The second kappa shape index (κ2) is 5.42. The predicted molar refractivity (Wildman–Crippen MR) is 68.9 cm³/mol. The van der Waals surface area contributed by atoms with Crippen molar-refractivity contribution in [2.24, 2.45) is 0 Å². The van der Waals surface area contributed by atoms with Crippen LogP contribution in [0.5, 0.6) is 0 Å². The summed E-state index contributed by atoms with van der Waals surface area (Å²) in [5.41, 5.74) is 1.14. The molecule has 0 N–H and O–H groups in total. The molecular weight excluding hydrogens is 234 g/mol. The molecule has 0 saturated carbocycles. The highest BCUT2D eigenvalue weighted by Crippen LogP contribution is 2.12. The van der Waals surface area contributed by atoms with E-state index in [1.807, 2.05) is 11.8 Å². The Bertz CT molecular complexity index is 408. The van der Waals surface area contributed by atoms with Gasteiger partial charge in [0, 0.05) is 38.1 Å². The van der Waals surface area contributed by atoms with E-state index in [1.165, 1.54) is 6.08 Å². The van der Waals surface area contributed by atoms with E-state index in [0.29, 0.717) is 0 Å². The zero-order valence-electron chi connectivity index (χ0n) is 10.1. The zero-order valence-corrected chi connectivity index (χ0v) is 10.9. The molecule has 0 unspecified atom stereocenters. The molecule has 0 bridgehead atoms. The minimum absolute atomic E-state index is 0.0363. The summed E-state index contributed by atoms with van der Waals surface area (Å²) in [6, 6.07) is 0. The SMILES string of the molecule is C=CC(=O)N1CCN(Cc2csc(C)n2)CC1. The molecule has 1 fully saturated rings. The molecule has 1 saturated heterocycles. The van der Waals surface area contributed by atoms with Crippen molar-refractivity contribution in [1.29, 1.82) is 0 Å². The number of aryl methyl sites for hydroxylation is 1. The number of hydrogen-bond acceptors (Lipinski definition) is 4. The van der Waals surface area contributed by atoms with Gasteiger partial charge in [-0.05, 0) is 13.0 Å². The minimum Gasteiger partial charge on any atom is -0.337 e. The quantitative estimate of drug-likeness (QED) is 0.759. The highest BCUT2D eigenvalue weighted by Gasteiger charge is 2.19. The fourth-order valence-electron chi connectivity index (χ4n) is 1.97. The van der Waals surface area contributed by atoms with Gasteiger partial charge in [0.15, 0.2) is 0 Å². The molecule has 5 heteroatoms. The largest absolute Gasteiger partial charge is 0.337 e. The maximum absolute atomic E-state index is 11.4. The summed E-state index contributed by atoms with van der Waals surface area (Å²) in [4.78, 5) is 20.0. The molecule has 1 aliphatic heterocycles. The summed E-state index contributed by atoms with van der Waals surface area (Å²) in [6.45, 7) is 9.82. The van der Waals surface area contributed by atoms with Gasteiger partial charge in [-0.15, -0.1) is 11.3 Å². The van der Waals surface area contributed by atoms with Gasteiger partial charge >= 0.3 is 0 Å². The monoisotopic (exact) mass is 251 g/mol. The molecule has 17 heavy (non-hydrogen) atoms. The van der Waals surface area contributed by atoms with Gasteiger partial charge in [-0.2, -0.15) is 0 Å². The van der Waals surface area contributed by atoms with E-state index in [0.717, 1.165) is 43.4 Å². The van der Waals surface area contributed by atoms with E-state index in [2.05, 4.69) is 21.8 Å². The third-order valence-corrected chi connectivity index (χ3v) is 3.73. The molecule has 4 nitrogen and oxygen atoms in total. The van der Waals surface area contributed by atoms with Crippen LogP contribution in [0.15, 0.2) is 18.0 Å². The van der Waals surface area contributed by atoms with Crippen LogP contribution in [0.25, 0.3) is 0 Å². The number of carbonyl (C=O) groups is 1. The molecule has 0 spiro atoms. The number of amides is 1. The Kier molecular flexibility index (Phi) is 3.91. The molecule has 0 aliphatic carbocycles. The Morgan fingerprint density at radius 3 is 2.76 bits per heavy atom. The molecule has 1 aliphatic rings. The number of aromatic nitrogens is 1. The van der Waals surface area contributed by atoms with Crippen LogP contribution in [-0.4, -0.2) is 46.9 Å². The van der Waals surface area contributed by atoms with Crippen LogP contribution in [0, 0.1) is 6.92 Å². The third kappa shape index (κ3) is 3.14. The summed E-state index contributed by atoms with van der Waals surface area (Å²) < 4.78 is 0. The van der Waals surface area contributed by atoms with Gasteiger partial charge in [0.05, 0.1) is 10.7 Å². The lowest BCUT2D eigenvalue weighted by molar-refractivity contribution is -0.127. The Morgan fingerprint density at radius 2 is 2.24 bits per heavy atom. The van der Waals surface area contributed by atoms with Gasteiger partial charge in [0.25, 0.3) is 0 Å². The summed E-state index contributed by atoms with van der Waals surface area (Å²) in [5.74, 6) is 0.0363. The maximum Gasteiger partial charge on any atom is 0.246 e. The molecule has 92 valence electrons. The normalized spacial score (nSPS) is 17.1. The average Bonchev–Trinajstić information content (AvgIpc) is 2.75. The number of hydrogen-bond donors (Lipinski definition) is 0. The van der Waals surface area contributed by atoms with Crippen molar-refractivity contribution in [1.82, 2.24) is 14.8 Å².